The van der Waals surface area contributed by atoms with E-state index in [4.69, 9.17) is 4.74 Å². The predicted molar refractivity (Wildman–Crippen MR) is 103 cm³/mol. The van der Waals surface area contributed by atoms with Crippen molar-refractivity contribution in [2.45, 2.75) is 32.8 Å². The maximum atomic E-state index is 13.2. The van der Waals surface area contributed by atoms with Crippen LogP contribution in [0.15, 0.2) is 36.0 Å². The minimum Gasteiger partial charge on any atom is -0.396 e. The number of ether oxygens (including phenoxy) is 1. The van der Waals surface area contributed by atoms with Gasteiger partial charge < -0.3 is 14.7 Å². The number of carbonyl (C=O) groups excluding carboxylic acids is 2. The molecule has 0 bridgehead atoms. The topological polar surface area (TPSA) is 70.1 Å². The Balaban J connectivity index is 1.92. The normalized spacial score (nSPS) is 21.0. The number of carbonyl (C=O) groups is 2. The van der Waals surface area contributed by atoms with Crippen LogP contribution >= 0.6 is 0 Å². The fourth-order valence-electron chi connectivity index (χ4n) is 3.72. The van der Waals surface area contributed by atoms with Gasteiger partial charge in [0.15, 0.2) is 0 Å². The first kappa shape index (κ1) is 19.6. The van der Waals surface area contributed by atoms with Crippen LogP contribution in [-0.2, 0) is 14.3 Å². The van der Waals surface area contributed by atoms with Gasteiger partial charge in [0.2, 0.25) is 0 Å². The molecule has 1 saturated heterocycles. The summed E-state index contributed by atoms with van der Waals surface area (Å²) in [5.41, 5.74) is 1.68. The number of hydrogen-bond donors (Lipinski definition) is 1. The molecule has 2 amide bonds. The van der Waals surface area contributed by atoms with E-state index in [1.54, 1.807) is 0 Å². The molecule has 0 aromatic heterocycles. The third-order valence-electron chi connectivity index (χ3n) is 5.07. The minimum atomic E-state index is -0.264. The molecule has 3 rings (SSSR count). The van der Waals surface area contributed by atoms with Gasteiger partial charge in [0.1, 0.15) is 5.70 Å². The van der Waals surface area contributed by atoms with Crippen LogP contribution in [0, 0.1) is 5.92 Å². The van der Waals surface area contributed by atoms with Gasteiger partial charge in [-0.05, 0) is 38.2 Å². The molecule has 0 radical (unpaired) electrons. The van der Waals surface area contributed by atoms with Crippen LogP contribution in [-0.4, -0.2) is 65.7 Å². The molecule has 0 saturated carbocycles. The van der Waals surface area contributed by atoms with Gasteiger partial charge in [0.05, 0.1) is 24.8 Å². The van der Waals surface area contributed by atoms with Gasteiger partial charge >= 0.3 is 0 Å². The largest absolute Gasteiger partial charge is 0.396 e. The smallest absolute Gasteiger partial charge is 0.277 e. The molecule has 2 aliphatic heterocycles. The molecule has 146 valence electrons. The van der Waals surface area contributed by atoms with Crippen molar-refractivity contribution in [3.63, 3.8) is 0 Å². The molecule has 6 heteroatoms. The Kier molecular flexibility index (Phi) is 6.29. The highest BCUT2D eigenvalue weighted by Gasteiger charge is 2.42. The molecule has 27 heavy (non-hydrogen) atoms. The zero-order valence-corrected chi connectivity index (χ0v) is 16.1. The Bertz CT molecular complexity index is 714. The summed E-state index contributed by atoms with van der Waals surface area (Å²) < 4.78 is 5.55. The molecule has 6 nitrogen and oxygen atoms in total. The Morgan fingerprint density at radius 3 is 2.59 bits per heavy atom. The lowest BCUT2D eigenvalue weighted by molar-refractivity contribution is -0.138. The van der Waals surface area contributed by atoms with E-state index in [2.05, 4.69) is 0 Å². The van der Waals surface area contributed by atoms with Crippen LogP contribution in [0.1, 0.15) is 32.3 Å². The van der Waals surface area contributed by atoms with E-state index < -0.39 is 0 Å². The standard InChI is InChI=1S/C21H28N2O4/c1-15(2)27-12-11-23-20(25)18(17-8-4-3-5-9-17)19(21(23)26)22-10-6-7-16(13-22)14-24/h3-5,8-9,15-16,24H,6-7,10-14H2,1-2H3. The molecule has 2 aliphatic rings. The van der Waals surface area contributed by atoms with E-state index in [0.29, 0.717) is 24.4 Å². The van der Waals surface area contributed by atoms with Crippen LogP contribution < -0.4 is 0 Å². The lowest BCUT2D eigenvalue weighted by Gasteiger charge is -2.34. The molecule has 1 aromatic rings. The molecular weight excluding hydrogens is 344 g/mol. The fraction of sp³-hybridized carbons (Fsp3) is 0.524. The lowest BCUT2D eigenvalue weighted by atomic mass is 9.97. The van der Waals surface area contributed by atoms with E-state index in [1.165, 1.54) is 4.90 Å². The monoisotopic (exact) mass is 372 g/mol. The third kappa shape index (κ3) is 4.22. The van der Waals surface area contributed by atoms with Crippen molar-refractivity contribution < 1.29 is 19.4 Å². The Labute approximate surface area is 160 Å². The first-order valence-corrected chi connectivity index (χ1v) is 9.66. The Morgan fingerprint density at radius 1 is 1.19 bits per heavy atom. The number of imide groups is 1. The summed E-state index contributed by atoms with van der Waals surface area (Å²) in [6.45, 7) is 5.83. The number of rotatable bonds is 7. The van der Waals surface area contributed by atoms with E-state index in [-0.39, 0.29) is 37.0 Å². The lowest BCUT2D eigenvalue weighted by Crippen LogP contribution is -2.41. The van der Waals surface area contributed by atoms with Crippen molar-refractivity contribution in [3.05, 3.63) is 41.6 Å². The number of nitrogens with zero attached hydrogens (tertiary/aromatic N) is 2. The van der Waals surface area contributed by atoms with Crippen LogP contribution in [0.3, 0.4) is 0 Å². The second kappa shape index (κ2) is 8.67. The van der Waals surface area contributed by atoms with Gasteiger partial charge in [-0.3, -0.25) is 14.5 Å². The average molecular weight is 372 g/mol. The Hall–Kier alpha value is -2.18. The van der Waals surface area contributed by atoms with E-state index >= 15 is 0 Å². The third-order valence-corrected chi connectivity index (χ3v) is 5.07. The number of likely N-dealkylation sites (tertiary alicyclic amines) is 1. The SMILES string of the molecule is CC(C)OCCN1C(=O)C(c2ccccc2)=C(N2CCCC(CO)C2)C1=O. The zero-order valence-electron chi connectivity index (χ0n) is 16.1. The maximum absolute atomic E-state index is 13.2. The van der Waals surface area contributed by atoms with Crippen molar-refractivity contribution in [3.8, 4) is 0 Å². The first-order chi connectivity index (χ1) is 13.0. The number of benzene rings is 1. The molecule has 2 heterocycles. The summed E-state index contributed by atoms with van der Waals surface area (Å²) >= 11 is 0. The number of aliphatic hydroxyl groups is 1. The van der Waals surface area contributed by atoms with Crippen molar-refractivity contribution in [1.29, 1.82) is 0 Å². The quantitative estimate of drug-likeness (QED) is 0.741. The van der Waals surface area contributed by atoms with Crippen LogP contribution in [0.2, 0.25) is 0 Å². The molecule has 0 spiro atoms. The highest BCUT2D eigenvalue weighted by atomic mass is 16.5. The van der Waals surface area contributed by atoms with Gasteiger partial charge in [-0.15, -0.1) is 0 Å². The van der Waals surface area contributed by atoms with Crippen LogP contribution in [0.4, 0.5) is 0 Å². The summed E-state index contributed by atoms with van der Waals surface area (Å²) in [4.78, 5) is 29.5. The van der Waals surface area contributed by atoms with Crippen molar-refractivity contribution in [2.75, 3.05) is 32.8 Å². The van der Waals surface area contributed by atoms with Crippen LogP contribution in [0.5, 0.6) is 0 Å². The highest BCUT2D eigenvalue weighted by molar-refractivity contribution is 6.35. The maximum Gasteiger partial charge on any atom is 0.277 e. The number of hydrogen-bond acceptors (Lipinski definition) is 5. The van der Waals surface area contributed by atoms with Crippen molar-refractivity contribution in [1.82, 2.24) is 9.80 Å². The molecule has 1 unspecified atom stereocenters. The number of aliphatic hydroxyl groups excluding tert-OH is 1. The van der Waals surface area contributed by atoms with Gasteiger partial charge in [-0.1, -0.05) is 30.3 Å². The van der Waals surface area contributed by atoms with Crippen molar-refractivity contribution in [2.24, 2.45) is 5.92 Å². The summed E-state index contributed by atoms with van der Waals surface area (Å²) in [6, 6.07) is 9.36. The zero-order chi connectivity index (χ0) is 19.4. The van der Waals surface area contributed by atoms with Crippen molar-refractivity contribution >= 4 is 17.4 Å². The average Bonchev–Trinajstić information content (AvgIpc) is 2.93. The predicted octanol–water partition coefficient (Wildman–Crippen LogP) is 1.90. The second-order valence-electron chi connectivity index (χ2n) is 7.41. The summed E-state index contributed by atoms with van der Waals surface area (Å²) in [6.07, 6.45) is 1.88. The molecule has 0 aliphatic carbocycles. The van der Waals surface area contributed by atoms with E-state index in [0.717, 1.165) is 24.9 Å². The Morgan fingerprint density at radius 2 is 1.93 bits per heavy atom. The molecular formula is C21H28N2O4. The van der Waals surface area contributed by atoms with Gasteiger partial charge in [-0.25, -0.2) is 0 Å². The number of piperidine rings is 1. The summed E-state index contributed by atoms with van der Waals surface area (Å²) in [5.74, 6) is -0.394. The van der Waals surface area contributed by atoms with Gasteiger partial charge in [-0.2, -0.15) is 0 Å². The molecule has 1 N–H and O–H groups in total. The molecule has 1 aromatic carbocycles. The van der Waals surface area contributed by atoms with Gasteiger partial charge in [0.25, 0.3) is 11.8 Å². The second-order valence-corrected chi connectivity index (χ2v) is 7.41. The fourth-order valence-corrected chi connectivity index (χ4v) is 3.72. The van der Waals surface area contributed by atoms with Gasteiger partial charge in [0, 0.05) is 19.7 Å². The number of amides is 2. The summed E-state index contributed by atoms with van der Waals surface area (Å²) in [7, 11) is 0. The highest BCUT2D eigenvalue weighted by Crippen LogP contribution is 2.33. The minimum absolute atomic E-state index is 0.0474. The van der Waals surface area contributed by atoms with Crippen LogP contribution in [0.25, 0.3) is 5.57 Å². The first-order valence-electron chi connectivity index (χ1n) is 9.66. The molecule has 1 fully saturated rings. The summed E-state index contributed by atoms with van der Waals surface area (Å²) in [5, 5.41) is 9.55. The molecule has 1 atom stereocenters. The van der Waals surface area contributed by atoms with E-state index in [1.807, 2.05) is 49.1 Å². The van der Waals surface area contributed by atoms with E-state index in [9.17, 15) is 14.7 Å².